The highest BCUT2D eigenvalue weighted by Gasteiger charge is 2.21. The van der Waals surface area contributed by atoms with Crippen LogP contribution >= 0.6 is 0 Å². The summed E-state index contributed by atoms with van der Waals surface area (Å²) in [6.45, 7) is 0.933. The van der Waals surface area contributed by atoms with Gasteiger partial charge in [0.05, 0.1) is 13.1 Å². The molecule has 0 saturated heterocycles. The smallest absolute Gasteiger partial charge is 0.275 e. The standard InChI is InChI=1S/C11H17N5O3S/c1-15(2)20(17,18)11-5-4-9(19-11)6-12-7-10-14-13-8-16(10)3/h4-5,8,12H,6-7H2,1-3H3. The number of furan rings is 1. The Labute approximate surface area is 117 Å². The predicted molar refractivity (Wildman–Crippen MR) is 71.1 cm³/mol. The predicted octanol–water partition coefficient (Wildman–Crippen LogP) is -0.0518. The fourth-order valence-corrected chi connectivity index (χ4v) is 2.35. The molecule has 1 N–H and O–H groups in total. The van der Waals surface area contributed by atoms with Crippen LogP contribution in [-0.2, 0) is 30.2 Å². The second-order valence-corrected chi connectivity index (χ2v) is 6.55. The summed E-state index contributed by atoms with van der Waals surface area (Å²) >= 11 is 0. The summed E-state index contributed by atoms with van der Waals surface area (Å²) in [5.41, 5.74) is 0. The van der Waals surface area contributed by atoms with Gasteiger partial charge in [-0.25, -0.2) is 12.7 Å². The normalized spacial score (nSPS) is 12.2. The Balaban J connectivity index is 1.96. The van der Waals surface area contributed by atoms with Crippen molar-refractivity contribution in [2.75, 3.05) is 14.1 Å². The third-order valence-electron chi connectivity index (χ3n) is 2.76. The molecular formula is C11H17N5O3S. The molecule has 0 aliphatic rings. The minimum absolute atomic E-state index is 0.0574. The van der Waals surface area contributed by atoms with Crippen molar-refractivity contribution in [2.45, 2.75) is 18.2 Å². The summed E-state index contributed by atoms with van der Waals surface area (Å²) in [5, 5.41) is 10.8. The number of aromatic nitrogens is 3. The van der Waals surface area contributed by atoms with E-state index in [-0.39, 0.29) is 5.09 Å². The molecule has 0 radical (unpaired) electrons. The monoisotopic (exact) mass is 299 g/mol. The number of aryl methyl sites for hydroxylation is 1. The van der Waals surface area contributed by atoms with Crippen molar-refractivity contribution < 1.29 is 12.8 Å². The zero-order chi connectivity index (χ0) is 14.8. The van der Waals surface area contributed by atoms with Crippen LogP contribution in [0.1, 0.15) is 11.6 Å². The molecule has 0 aliphatic heterocycles. The minimum atomic E-state index is -3.52. The SMILES string of the molecule is CN(C)S(=O)(=O)c1ccc(CNCc2nncn2C)o1. The van der Waals surface area contributed by atoms with Gasteiger partial charge in [-0.1, -0.05) is 0 Å². The van der Waals surface area contributed by atoms with E-state index in [0.29, 0.717) is 18.8 Å². The van der Waals surface area contributed by atoms with Gasteiger partial charge in [-0.05, 0) is 12.1 Å². The van der Waals surface area contributed by atoms with E-state index in [0.717, 1.165) is 10.1 Å². The molecule has 2 aromatic rings. The van der Waals surface area contributed by atoms with E-state index in [9.17, 15) is 8.42 Å². The van der Waals surface area contributed by atoms with Gasteiger partial charge in [0.25, 0.3) is 10.0 Å². The van der Waals surface area contributed by atoms with Gasteiger partial charge < -0.3 is 14.3 Å². The number of sulfonamides is 1. The highest BCUT2D eigenvalue weighted by molar-refractivity contribution is 7.88. The summed E-state index contributed by atoms with van der Waals surface area (Å²) in [5.74, 6) is 1.34. The van der Waals surface area contributed by atoms with E-state index in [1.807, 2.05) is 7.05 Å². The molecule has 8 nitrogen and oxygen atoms in total. The summed E-state index contributed by atoms with van der Waals surface area (Å²) in [6.07, 6.45) is 1.62. The maximum Gasteiger partial charge on any atom is 0.275 e. The van der Waals surface area contributed by atoms with Crippen LogP contribution in [0.2, 0.25) is 0 Å². The first kappa shape index (κ1) is 14.7. The van der Waals surface area contributed by atoms with E-state index in [1.54, 1.807) is 17.0 Å². The van der Waals surface area contributed by atoms with E-state index in [4.69, 9.17) is 4.42 Å². The van der Waals surface area contributed by atoms with Gasteiger partial charge in [0, 0.05) is 21.1 Å². The molecule has 0 aromatic carbocycles. The molecule has 0 amide bonds. The molecule has 0 atom stereocenters. The van der Waals surface area contributed by atoms with Crippen molar-refractivity contribution in [3.05, 3.63) is 30.0 Å². The van der Waals surface area contributed by atoms with Crippen LogP contribution in [0, 0.1) is 0 Å². The van der Waals surface area contributed by atoms with Gasteiger partial charge in [-0.15, -0.1) is 10.2 Å². The minimum Gasteiger partial charge on any atom is -0.447 e. The third-order valence-corrected chi connectivity index (χ3v) is 4.45. The second-order valence-electron chi connectivity index (χ2n) is 4.47. The Morgan fingerprint density at radius 1 is 1.35 bits per heavy atom. The highest BCUT2D eigenvalue weighted by Crippen LogP contribution is 2.16. The Morgan fingerprint density at radius 2 is 2.10 bits per heavy atom. The molecule has 0 fully saturated rings. The molecule has 2 aromatic heterocycles. The average Bonchev–Trinajstić information content (AvgIpc) is 2.99. The Bertz CT molecular complexity index is 674. The lowest BCUT2D eigenvalue weighted by molar-refractivity contribution is 0.388. The molecule has 2 rings (SSSR count). The van der Waals surface area contributed by atoms with Crippen molar-refractivity contribution in [1.82, 2.24) is 24.4 Å². The Morgan fingerprint density at radius 3 is 2.70 bits per heavy atom. The second kappa shape index (κ2) is 5.73. The fraction of sp³-hybridized carbons (Fsp3) is 0.455. The van der Waals surface area contributed by atoms with E-state index < -0.39 is 10.0 Å². The molecule has 110 valence electrons. The van der Waals surface area contributed by atoms with Gasteiger partial charge in [-0.3, -0.25) is 0 Å². The van der Waals surface area contributed by atoms with Crippen molar-refractivity contribution in [2.24, 2.45) is 7.05 Å². The van der Waals surface area contributed by atoms with Crippen LogP contribution in [0.25, 0.3) is 0 Å². The number of hydrogen-bond acceptors (Lipinski definition) is 6. The summed E-state index contributed by atoms with van der Waals surface area (Å²) in [7, 11) is 1.26. The first-order valence-corrected chi connectivity index (χ1v) is 7.40. The zero-order valence-electron chi connectivity index (χ0n) is 11.6. The summed E-state index contributed by atoms with van der Waals surface area (Å²) in [4.78, 5) is 0. The summed E-state index contributed by atoms with van der Waals surface area (Å²) < 4.78 is 31.9. The number of nitrogens with one attached hydrogen (secondary N) is 1. The maximum absolute atomic E-state index is 11.8. The lowest BCUT2D eigenvalue weighted by Gasteiger charge is -2.07. The van der Waals surface area contributed by atoms with Crippen LogP contribution in [0.4, 0.5) is 0 Å². The van der Waals surface area contributed by atoms with Crippen molar-refractivity contribution >= 4 is 10.0 Å². The van der Waals surface area contributed by atoms with Crippen molar-refractivity contribution in [1.29, 1.82) is 0 Å². The van der Waals surface area contributed by atoms with Gasteiger partial charge in [0.1, 0.15) is 17.9 Å². The lowest BCUT2D eigenvalue weighted by atomic mass is 10.4. The molecule has 2 heterocycles. The Hall–Kier alpha value is -1.71. The van der Waals surface area contributed by atoms with Crippen molar-refractivity contribution in [3.63, 3.8) is 0 Å². The molecule has 0 bridgehead atoms. The first-order chi connectivity index (χ1) is 9.41. The van der Waals surface area contributed by atoms with E-state index in [1.165, 1.54) is 20.2 Å². The topological polar surface area (TPSA) is 93.3 Å². The van der Waals surface area contributed by atoms with Crippen LogP contribution < -0.4 is 5.32 Å². The quantitative estimate of drug-likeness (QED) is 0.803. The van der Waals surface area contributed by atoms with E-state index in [2.05, 4.69) is 15.5 Å². The lowest BCUT2D eigenvalue weighted by Crippen LogP contribution is -2.21. The number of hydrogen-bond donors (Lipinski definition) is 1. The van der Waals surface area contributed by atoms with Crippen molar-refractivity contribution in [3.8, 4) is 0 Å². The van der Waals surface area contributed by atoms with Gasteiger partial charge in [-0.2, -0.15) is 0 Å². The molecule has 0 aliphatic carbocycles. The highest BCUT2D eigenvalue weighted by atomic mass is 32.2. The first-order valence-electron chi connectivity index (χ1n) is 5.96. The average molecular weight is 299 g/mol. The van der Waals surface area contributed by atoms with Gasteiger partial charge in [0.2, 0.25) is 5.09 Å². The third kappa shape index (κ3) is 3.06. The van der Waals surface area contributed by atoms with E-state index >= 15 is 0 Å². The number of nitrogens with zero attached hydrogens (tertiary/aromatic N) is 4. The molecule has 0 saturated carbocycles. The Kier molecular flexibility index (Phi) is 4.21. The molecule has 0 unspecified atom stereocenters. The summed E-state index contributed by atoms with van der Waals surface area (Å²) in [6, 6.07) is 3.09. The zero-order valence-corrected chi connectivity index (χ0v) is 12.4. The fourth-order valence-electron chi connectivity index (χ4n) is 1.54. The van der Waals surface area contributed by atoms with Crippen LogP contribution in [0.15, 0.2) is 28.0 Å². The van der Waals surface area contributed by atoms with Gasteiger partial charge in [0.15, 0.2) is 0 Å². The maximum atomic E-state index is 11.8. The molecule has 0 spiro atoms. The number of rotatable bonds is 6. The van der Waals surface area contributed by atoms with Crippen LogP contribution in [0.3, 0.4) is 0 Å². The molecule has 20 heavy (non-hydrogen) atoms. The molecule has 9 heteroatoms. The van der Waals surface area contributed by atoms with Gasteiger partial charge >= 0.3 is 0 Å². The van der Waals surface area contributed by atoms with Crippen LogP contribution in [0.5, 0.6) is 0 Å². The van der Waals surface area contributed by atoms with Crippen LogP contribution in [-0.4, -0.2) is 41.6 Å². The largest absolute Gasteiger partial charge is 0.447 e. The molecular weight excluding hydrogens is 282 g/mol.